The first-order valence-electron chi connectivity index (χ1n) is 11.7. The monoisotopic (exact) mass is 455 g/mol. The summed E-state index contributed by atoms with van der Waals surface area (Å²) >= 11 is 0. The summed E-state index contributed by atoms with van der Waals surface area (Å²) in [5, 5.41) is 0. The molecule has 3 aromatic carbocycles. The summed E-state index contributed by atoms with van der Waals surface area (Å²) < 4.78 is 11.8. The fourth-order valence-electron chi connectivity index (χ4n) is 4.62. The second-order valence-electron chi connectivity index (χ2n) is 8.92. The predicted molar refractivity (Wildman–Crippen MR) is 133 cm³/mol. The number of hydrogen-bond acceptors (Lipinski definition) is 5. The zero-order valence-electron chi connectivity index (χ0n) is 19.8. The maximum atomic E-state index is 13.0. The van der Waals surface area contributed by atoms with Crippen LogP contribution < -0.4 is 9.47 Å². The lowest BCUT2D eigenvalue weighted by Crippen LogP contribution is -2.55. The van der Waals surface area contributed by atoms with Crippen molar-refractivity contribution in [2.24, 2.45) is 4.99 Å². The third-order valence-electron chi connectivity index (χ3n) is 6.44. The van der Waals surface area contributed by atoms with E-state index in [1.54, 1.807) is 7.11 Å². The molecule has 1 unspecified atom stereocenters. The lowest BCUT2D eigenvalue weighted by Gasteiger charge is -2.41. The minimum atomic E-state index is 0.0658. The van der Waals surface area contributed by atoms with Gasteiger partial charge in [-0.05, 0) is 49.2 Å². The zero-order chi connectivity index (χ0) is 23.7. The summed E-state index contributed by atoms with van der Waals surface area (Å²) in [6.07, 6.45) is 0.426. The molecule has 5 rings (SSSR count). The number of carbonyl (C=O) groups is 1. The summed E-state index contributed by atoms with van der Waals surface area (Å²) in [5.74, 6) is 3.21. The molecule has 0 aromatic heterocycles. The van der Waals surface area contributed by atoms with Gasteiger partial charge in [-0.2, -0.15) is 0 Å². The highest BCUT2D eigenvalue weighted by atomic mass is 16.5. The molecule has 2 aliphatic rings. The highest BCUT2D eigenvalue weighted by molar-refractivity contribution is 6.04. The Morgan fingerprint density at radius 2 is 1.88 bits per heavy atom. The molecule has 6 heteroatoms. The zero-order valence-corrected chi connectivity index (χ0v) is 19.8. The fourth-order valence-corrected chi connectivity index (χ4v) is 4.62. The van der Waals surface area contributed by atoms with Crippen molar-refractivity contribution >= 4 is 17.4 Å². The molecule has 2 heterocycles. The maximum absolute atomic E-state index is 13.0. The van der Waals surface area contributed by atoms with Gasteiger partial charge in [-0.1, -0.05) is 36.4 Å². The highest BCUT2D eigenvalue weighted by Gasteiger charge is 2.31. The van der Waals surface area contributed by atoms with E-state index in [9.17, 15) is 4.79 Å². The molecule has 0 N–H and O–H groups in total. The van der Waals surface area contributed by atoms with Crippen molar-refractivity contribution in [3.8, 4) is 17.2 Å². The van der Waals surface area contributed by atoms with Crippen LogP contribution in [0.4, 0.5) is 5.69 Å². The fraction of sp³-hybridized carbons (Fsp3) is 0.286. The van der Waals surface area contributed by atoms with E-state index in [1.165, 1.54) is 0 Å². The average Bonchev–Trinajstić information content (AvgIpc) is 3.00. The Morgan fingerprint density at radius 3 is 2.65 bits per heavy atom. The van der Waals surface area contributed by atoms with Gasteiger partial charge in [-0.3, -0.25) is 4.79 Å². The lowest BCUT2D eigenvalue weighted by atomic mass is 10.1. The number of piperazine rings is 1. The van der Waals surface area contributed by atoms with E-state index in [1.807, 2.05) is 78.6 Å². The van der Waals surface area contributed by atoms with Gasteiger partial charge in [0.15, 0.2) is 5.75 Å². The minimum absolute atomic E-state index is 0.0658. The molecule has 3 aromatic rings. The van der Waals surface area contributed by atoms with Crippen molar-refractivity contribution in [3.63, 3.8) is 0 Å². The highest BCUT2D eigenvalue weighted by Crippen LogP contribution is 2.40. The van der Waals surface area contributed by atoms with Crippen molar-refractivity contribution in [1.29, 1.82) is 0 Å². The van der Waals surface area contributed by atoms with Gasteiger partial charge in [0.2, 0.25) is 5.91 Å². The van der Waals surface area contributed by atoms with Crippen LogP contribution in [0.15, 0.2) is 71.7 Å². The van der Waals surface area contributed by atoms with Crippen LogP contribution in [0.1, 0.15) is 23.6 Å². The lowest BCUT2D eigenvalue weighted by molar-refractivity contribution is -0.134. The van der Waals surface area contributed by atoms with E-state index in [4.69, 9.17) is 14.5 Å². The number of hydrogen-bond donors (Lipinski definition) is 0. The molecule has 0 spiro atoms. The molecule has 174 valence electrons. The molecule has 0 radical (unpaired) electrons. The van der Waals surface area contributed by atoms with Crippen molar-refractivity contribution in [3.05, 3.63) is 83.4 Å². The Morgan fingerprint density at radius 1 is 1.06 bits per heavy atom. The number of carbonyl (C=O) groups excluding carboxylic acids is 1. The Kier molecular flexibility index (Phi) is 5.97. The van der Waals surface area contributed by atoms with E-state index in [0.29, 0.717) is 26.1 Å². The number of benzene rings is 3. The summed E-state index contributed by atoms with van der Waals surface area (Å²) in [7, 11) is 1.65. The molecule has 6 nitrogen and oxygen atoms in total. The van der Waals surface area contributed by atoms with Crippen LogP contribution in [0.2, 0.25) is 0 Å². The summed E-state index contributed by atoms with van der Waals surface area (Å²) in [6.45, 7) is 6.20. The van der Waals surface area contributed by atoms with E-state index in [0.717, 1.165) is 45.5 Å². The molecule has 1 amide bonds. The second-order valence-corrected chi connectivity index (χ2v) is 8.92. The molecular formula is C28H29N3O3. The predicted octanol–water partition coefficient (Wildman–Crippen LogP) is 4.96. The number of amides is 1. The SMILES string of the molecule is COc1ccc2c(c1)Oc1cc(C)ccc1N=C2N1CCN(C(=O)Cc2ccccc2)C(C)C1. The van der Waals surface area contributed by atoms with Crippen LogP contribution in [-0.2, 0) is 11.2 Å². The first-order chi connectivity index (χ1) is 16.5. The van der Waals surface area contributed by atoms with Crippen LogP contribution in [0.5, 0.6) is 17.2 Å². The summed E-state index contributed by atoms with van der Waals surface area (Å²) in [6, 6.07) is 21.9. The van der Waals surface area contributed by atoms with Gasteiger partial charge >= 0.3 is 0 Å². The van der Waals surface area contributed by atoms with Crippen LogP contribution in [0.3, 0.4) is 0 Å². The molecule has 0 bridgehead atoms. The quantitative estimate of drug-likeness (QED) is 0.560. The van der Waals surface area contributed by atoms with Gasteiger partial charge in [0.1, 0.15) is 23.0 Å². The topological polar surface area (TPSA) is 54.4 Å². The van der Waals surface area contributed by atoms with Gasteiger partial charge in [0.05, 0.1) is 19.1 Å². The first kappa shape index (κ1) is 22.0. The van der Waals surface area contributed by atoms with Crippen LogP contribution >= 0.6 is 0 Å². The Hall–Kier alpha value is -3.80. The molecule has 2 aliphatic heterocycles. The standard InChI is InChI=1S/C28H29N3O3/c1-19-9-12-24-26(15-19)34-25-17-22(33-3)10-11-23(25)28(29-24)30-13-14-31(20(2)18-30)27(32)16-21-7-5-4-6-8-21/h4-12,15,17,20H,13-14,16,18H2,1-3H3. The Bertz CT molecular complexity index is 1240. The third kappa shape index (κ3) is 4.36. The van der Waals surface area contributed by atoms with Gasteiger partial charge < -0.3 is 19.3 Å². The van der Waals surface area contributed by atoms with E-state index >= 15 is 0 Å². The van der Waals surface area contributed by atoms with Crippen molar-refractivity contribution in [2.45, 2.75) is 26.3 Å². The van der Waals surface area contributed by atoms with Gasteiger partial charge in [0.25, 0.3) is 0 Å². The Labute approximate surface area is 200 Å². The molecule has 1 saturated heterocycles. The summed E-state index contributed by atoms with van der Waals surface area (Å²) in [4.78, 5) is 22.3. The van der Waals surface area contributed by atoms with Crippen LogP contribution in [-0.4, -0.2) is 54.3 Å². The van der Waals surface area contributed by atoms with Gasteiger partial charge in [-0.25, -0.2) is 4.99 Å². The van der Waals surface area contributed by atoms with Crippen LogP contribution in [0.25, 0.3) is 0 Å². The maximum Gasteiger partial charge on any atom is 0.227 e. The molecule has 34 heavy (non-hydrogen) atoms. The normalized spacial score (nSPS) is 17.1. The summed E-state index contributed by atoms with van der Waals surface area (Å²) in [5.41, 5.74) is 3.88. The average molecular weight is 456 g/mol. The number of methoxy groups -OCH3 is 1. The smallest absolute Gasteiger partial charge is 0.227 e. The number of rotatable bonds is 3. The van der Waals surface area contributed by atoms with Gasteiger partial charge in [0, 0.05) is 31.7 Å². The number of fused-ring (bicyclic) bond motifs is 2. The molecular weight excluding hydrogens is 426 g/mol. The second kappa shape index (κ2) is 9.21. The number of amidine groups is 1. The Balaban J connectivity index is 1.42. The molecule has 0 saturated carbocycles. The van der Waals surface area contributed by atoms with Crippen LogP contribution in [0, 0.1) is 6.92 Å². The first-order valence-corrected chi connectivity index (χ1v) is 11.7. The van der Waals surface area contributed by atoms with E-state index in [-0.39, 0.29) is 11.9 Å². The largest absolute Gasteiger partial charge is 0.497 e. The number of aliphatic imine (C=N–C) groups is 1. The van der Waals surface area contributed by atoms with E-state index < -0.39 is 0 Å². The molecule has 0 aliphatic carbocycles. The minimum Gasteiger partial charge on any atom is -0.497 e. The van der Waals surface area contributed by atoms with Crippen molar-refractivity contribution in [1.82, 2.24) is 9.80 Å². The molecule has 1 fully saturated rings. The van der Waals surface area contributed by atoms with Gasteiger partial charge in [-0.15, -0.1) is 0 Å². The van der Waals surface area contributed by atoms with Crippen molar-refractivity contribution in [2.75, 3.05) is 26.7 Å². The number of aryl methyl sites for hydroxylation is 1. The third-order valence-corrected chi connectivity index (χ3v) is 6.44. The number of ether oxygens (including phenoxy) is 2. The number of nitrogens with zero attached hydrogens (tertiary/aromatic N) is 3. The van der Waals surface area contributed by atoms with Crippen molar-refractivity contribution < 1.29 is 14.3 Å². The van der Waals surface area contributed by atoms with E-state index in [2.05, 4.69) is 11.8 Å². The molecule has 1 atom stereocenters.